The van der Waals surface area contributed by atoms with Gasteiger partial charge in [0.15, 0.2) is 0 Å². The first-order valence-electron chi connectivity index (χ1n) is 7.33. The highest BCUT2D eigenvalue weighted by Crippen LogP contribution is 2.26. The summed E-state index contributed by atoms with van der Waals surface area (Å²) in [6.45, 7) is 11.1. The van der Waals surface area contributed by atoms with Gasteiger partial charge in [0.05, 0.1) is 12.3 Å². The number of nitrogens with two attached hydrogens (primary N) is 1. The summed E-state index contributed by atoms with van der Waals surface area (Å²) in [5, 5.41) is 17.4. The summed E-state index contributed by atoms with van der Waals surface area (Å²) in [7, 11) is 0. The second-order valence-corrected chi connectivity index (χ2v) is 6.76. The lowest BCUT2D eigenvalue weighted by Gasteiger charge is -2.23. The predicted molar refractivity (Wildman–Crippen MR) is 96.1 cm³/mol. The molecule has 0 aromatic carbocycles. The van der Waals surface area contributed by atoms with Crippen LogP contribution in [0.2, 0.25) is 0 Å². The van der Waals surface area contributed by atoms with Crippen LogP contribution in [-0.2, 0) is 6.42 Å². The SMILES string of the molecule is Cc1cc(CC(C)CC(C)(C)C)n(O)c(=O)c1.NCCO.S. The Morgan fingerprint density at radius 1 is 1.32 bits per heavy atom. The van der Waals surface area contributed by atoms with E-state index in [2.05, 4.69) is 27.7 Å². The van der Waals surface area contributed by atoms with Gasteiger partial charge >= 0.3 is 0 Å². The van der Waals surface area contributed by atoms with Gasteiger partial charge in [-0.25, -0.2) is 0 Å². The first-order chi connectivity index (χ1) is 9.60. The van der Waals surface area contributed by atoms with Crippen LogP contribution in [0.15, 0.2) is 16.9 Å². The topological polar surface area (TPSA) is 88.5 Å². The molecule has 4 N–H and O–H groups in total. The number of hydrogen-bond donors (Lipinski definition) is 3. The second-order valence-electron chi connectivity index (χ2n) is 6.76. The average Bonchev–Trinajstić information content (AvgIpc) is 2.33. The molecule has 130 valence electrons. The molecule has 1 unspecified atom stereocenters. The molecule has 22 heavy (non-hydrogen) atoms. The zero-order chi connectivity index (χ0) is 16.6. The van der Waals surface area contributed by atoms with Crippen LogP contribution >= 0.6 is 13.5 Å². The lowest BCUT2D eigenvalue weighted by molar-refractivity contribution is 0.160. The smallest absolute Gasteiger partial charge is 0.283 e. The van der Waals surface area contributed by atoms with Crippen LogP contribution in [0.1, 0.15) is 45.4 Å². The van der Waals surface area contributed by atoms with Crippen molar-refractivity contribution in [1.82, 2.24) is 4.73 Å². The summed E-state index contributed by atoms with van der Waals surface area (Å²) in [4.78, 5) is 11.4. The van der Waals surface area contributed by atoms with E-state index in [1.54, 1.807) is 0 Å². The molecular formula is C16H32N2O3S. The fourth-order valence-corrected chi connectivity index (χ4v) is 2.38. The maximum atomic E-state index is 11.4. The fraction of sp³-hybridized carbons (Fsp3) is 0.688. The monoisotopic (exact) mass is 332 g/mol. The van der Waals surface area contributed by atoms with Gasteiger partial charge in [-0.2, -0.15) is 18.2 Å². The summed E-state index contributed by atoms with van der Waals surface area (Å²) < 4.78 is 0.770. The van der Waals surface area contributed by atoms with Gasteiger partial charge in [0, 0.05) is 12.6 Å². The Morgan fingerprint density at radius 2 is 1.82 bits per heavy atom. The van der Waals surface area contributed by atoms with Crippen molar-refractivity contribution in [2.24, 2.45) is 17.1 Å². The minimum atomic E-state index is -0.344. The Bertz CT molecular complexity index is 479. The molecule has 1 aromatic rings. The molecule has 1 heterocycles. The average molecular weight is 333 g/mol. The van der Waals surface area contributed by atoms with Crippen molar-refractivity contribution in [2.75, 3.05) is 13.2 Å². The highest BCUT2D eigenvalue weighted by molar-refractivity contribution is 7.59. The van der Waals surface area contributed by atoms with E-state index in [9.17, 15) is 10.0 Å². The Hall–Kier alpha value is -0.980. The van der Waals surface area contributed by atoms with Gasteiger partial charge in [0.2, 0.25) is 0 Å². The summed E-state index contributed by atoms with van der Waals surface area (Å²) in [5.74, 6) is 0.439. The number of aryl methyl sites for hydroxylation is 1. The van der Waals surface area contributed by atoms with E-state index in [1.165, 1.54) is 6.07 Å². The van der Waals surface area contributed by atoms with E-state index < -0.39 is 0 Å². The summed E-state index contributed by atoms with van der Waals surface area (Å²) in [6.07, 6.45) is 1.79. The molecule has 1 aromatic heterocycles. The van der Waals surface area contributed by atoms with Crippen LogP contribution in [0, 0.1) is 18.3 Å². The molecule has 0 aliphatic heterocycles. The van der Waals surface area contributed by atoms with Crippen molar-refractivity contribution in [3.05, 3.63) is 33.7 Å². The molecule has 0 fully saturated rings. The maximum Gasteiger partial charge on any atom is 0.283 e. The van der Waals surface area contributed by atoms with Crippen molar-refractivity contribution < 1.29 is 10.3 Å². The van der Waals surface area contributed by atoms with Gasteiger partial charge < -0.3 is 16.0 Å². The number of hydrogen-bond acceptors (Lipinski definition) is 4. The summed E-state index contributed by atoms with van der Waals surface area (Å²) >= 11 is 0. The first kappa shape index (κ1) is 23.3. The van der Waals surface area contributed by atoms with Gasteiger partial charge in [-0.1, -0.05) is 27.7 Å². The molecule has 0 bridgehead atoms. The molecular weight excluding hydrogens is 300 g/mol. The molecule has 0 amide bonds. The number of aliphatic hydroxyl groups is 1. The normalized spacial score (nSPS) is 12.0. The largest absolute Gasteiger partial charge is 0.425 e. The minimum Gasteiger partial charge on any atom is -0.425 e. The summed E-state index contributed by atoms with van der Waals surface area (Å²) in [6, 6.07) is 3.32. The third kappa shape index (κ3) is 9.87. The van der Waals surface area contributed by atoms with Crippen LogP contribution in [0.25, 0.3) is 0 Å². The van der Waals surface area contributed by atoms with Crippen LogP contribution in [0.5, 0.6) is 0 Å². The van der Waals surface area contributed by atoms with Crippen LogP contribution < -0.4 is 11.3 Å². The number of aliphatic hydroxyl groups excluding tert-OH is 1. The molecule has 6 heteroatoms. The van der Waals surface area contributed by atoms with Crippen LogP contribution in [-0.4, -0.2) is 28.2 Å². The number of aromatic nitrogens is 1. The molecule has 0 saturated heterocycles. The molecule has 0 spiro atoms. The van der Waals surface area contributed by atoms with Gasteiger partial charge in [0.1, 0.15) is 0 Å². The molecule has 0 radical (unpaired) electrons. The quantitative estimate of drug-likeness (QED) is 0.736. The zero-order valence-electron chi connectivity index (χ0n) is 14.4. The zero-order valence-corrected chi connectivity index (χ0v) is 15.4. The number of nitrogens with zero attached hydrogens (tertiary/aromatic N) is 1. The maximum absolute atomic E-state index is 11.4. The molecule has 0 aliphatic carbocycles. The predicted octanol–water partition coefficient (Wildman–Crippen LogP) is 2.06. The molecule has 1 atom stereocenters. The molecule has 1 rings (SSSR count). The van der Waals surface area contributed by atoms with E-state index in [1.807, 2.05) is 13.0 Å². The lowest BCUT2D eigenvalue weighted by atomic mass is 9.83. The van der Waals surface area contributed by atoms with Crippen LogP contribution in [0.3, 0.4) is 0 Å². The van der Waals surface area contributed by atoms with E-state index in [-0.39, 0.29) is 31.1 Å². The van der Waals surface area contributed by atoms with Crippen molar-refractivity contribution in [3.63, 3.8) is 0 Å². The Kier molecular flexibility index (Phi) is 11.3. The minimum absolute atomic E-state index is 0. The Morgan fingerprint density at radius 3 is 2.23 bits per heavy atom. The lowest BCUT2D eigenvalue weighted by Crippen LogP contribution is -2.23. The molecule has 0 saturated carbocycles. The Balaban J connectivity index is 0. The summed E-state index contributed by atoms with van der Waals surface area (Å²) in [5.41, 5.74) is 6.30. The van der Waals surface area contributed by atoms with Crippen molar-refractivity contribution in [2.45, 2.75) is 47.5 Å². The highest BCUT2D eigenvalue weighted by atomic mass is 32.1. The number of rotatable bonds is 4. The van der Waals surface area contributed by atoms with Crippen molar-refractivity contribution >= 4 is 13.5 Å². The standard InChI is InChI=1S/C14H23NO2.C2H7NO.H2S/c1-10-6-12(15(17)13(16)8-10)7-11(2)9-14(3,4)5;3-1-2-4;/h6,8,11,17H,7,9H2,1-5H3;4H,1-3H2;1H2. The highest BCUT2D eigenvalue weighted by Gasteiger charge is 2.17. The third-order valence-electron chi connectivity index (χ3n) is 2.87. The molecule has 5 nitrogen and oxygen atoms in total. The van der Waals surface area contributed by atoms with E-state index in [0.717, 1.165) is 23.1 Å². The van der Waals surface area contributed by atoms with E-state index >= 15 is 0 Å². The first-order valence-corrected chi connectivity index (χ1v) is 7.33. The van der Waals surface area contributed by atoms with Gasteiger partial charge in [-0.15, -0.1) is 0 Å². The molecule has 0 aliphatic rings. The second kappa shape index (κ2) is 10.7. The van der Waals surface area contributed by atoms with Crippen LogP contribution in [0.4, 0.5) is 0 Å². The van der Waals surface area contributed by atoms with E-state index in [4.69, 9.17) is 10.8 Å². The van der Waals surface area contributed by atoms with E-state index in [0.29, 0.717) is 18.2 Å². The number of pyridine rings is 1. The van der Waals surface area contributed by atoms with Gasteiger partial charge in [-0.05, 0) is 42.7 Å². The van der Waals surface area contributed by atoms with Gasteiger partial charge in [0.25, 0.3) is 5.56 Å². The van der Waals surface area contributed by atoms with Crippen molar-refractivity contribution in [1.29, 1.82) is 0 Å². The van der Waals surface area contributed by atoms with Gasteiger partial charge in [-0.3, -0.25) is 4.79 Å². The van der Waals surface area contributed by atoms with Crippen molar-refractivity contribution in [3.8, 4) is 0 Å². The Labute approximate surface area is 140 Å². The third-order valence-corrected chi connectivity index (χ3v) is 2.87. The fourth-order valence-electron chi connectivity index (χ4n) is 2.38.